The van der Waals surface area contributed by atoms with E-state index in [4.69, 9.17) is 0 Å². The molecule has 15 heavy (non-hydrogen) atoms. The molecule has 3 heteroatoms. The molecule has 0 amide bonds. The Morgan fingerprint density at radius 3 is 2.73 bits per heavy atom. The van der Waals surface area contributed by atoms with Gasteiger partial charge in [-0.2, -0.15) is 0 Å². The highest BCUT2D eigenvalue weighted by Crippen LogP contribution is 2.37. The van der Waals surface area contributed by atoms with Crippen LogP contribution in [-0.4, -0.2) is 9.97 Å². The molecule has 1 aromatic heterocycles. The van der Waals surface area contributed by atoms with Gasteiger partial charge in [0.25, 0.3) is 5.56 Å². The third-order valence-electron chi connectivity index (χ3n) is 3.42. The van der Waals surface area contributed by atoms with Gasteiger partial charge in [-0.05, 0) is 38.5 Å². The van der Waals surface area contributed by atoms with Crippen molar-refractivity contribution in [2.24, 2.45) is 0 Å². The summed E-state index contributed by atoms with van der Waals surface area (Å²) in [5.41, 5.74) is 2.17. The summed E-state index contributed by atoms with van der Waals surface area (Å²) in [6.07, 6.45) is 7.87. The first-order valence-corrected chi connectivity index (χ1v) is 5.96. The molecule has 3 nitrogen and oxygen atoms in total. The summed E-state index contributed by atoms with van der Waals surface area (Å²) in [6.45, 7) is 0. The maximum Gasteiger partial charge on any atom is 0.254 e. The highest BCUT2D eigenvalue weighted by Gasteiger charge is 2.27. The molecule has 3 rings (SSSR count). The number of aromatic amines is 1. The first-order valence-electron chi connectivity index (χ1n) is 5.96. The maximum atomic E-state index is 11.9. The Hall–Kier alpha value is -1.12. The van der Waals surface area contributed by atoms with E-state index < -0.39 is 0 Å². The molecule has 1 aromatic rings. The molecule has 2 aliphatic rings. The summed E-state index contributed by atoms with van der Waals surface area (Å²) in [5.74, 6) is 1.49. The first-order chi connectivity index (χ1) is 7.34. The fourth-order valence-corrected chi connectivity index (χ4v) is 2.35. The minimum atomic E-state index is 0.129. The fourth-order valence-electron chi connectivity index (χ4n) is 2.35. The number of hydrogen-bond donors (Lipinski definition) is 1. The highest BCUT2D eigenvalue weighted by atomic mass is 16.1. The molecule has 0 aromatic carbocycles. The lowest BCUT2D eigenvalue weighted by atomic mass is 10.1. The average molecular weight is 204 g/mol. The van der Waals surface area contributed by atoms with Gasteiger partial charge < -0.3 is 4.98 Å². The van der Waals surface area contributed by atoms with Crippen molar-refractivity contribution in [1.82, 2.24) is 9.97 Å². The largest absolute Gasteiger partial charge is 0.310 e. The van der Waals surface area contributed by atoms with Crippen molar-refractivity contribution in [3.8, 4) is 0 Å². The Balaban J connectivity index is 2.07. The summed E-state index contributed by atoms with van der Waals surface area (Å²) >= 11 is 0. The molecular formula is C12H16N2O. The topological polar surface area (TPSA) is 45.8 Å². The standard InChI is InChI=1S/C12H16N2O/c15-12-9-4-2-1-3-5-10(9)13-11(14-12)8-6-7-8/h8H,1-7H2,(H,13,14,15). The number of nitrogens with one attached hydrogen (secondary N) is 1. The maximum absolute atomic E-state index is 11.9. The number of fused-ring (bicyclic) bond motifs is 1. The number of hydrogen-bond acceptors (Lipinski definition) is 2. The second-order valence-corrected chi connectivity index (χ2v) is 4.71. The molecule has 1 heterocycles. The number of rotatable bonds is 1. The van der Waals surface area contributed by atoms with Crippen LogP contribution in [0.5, 0.6) is 0 Å². The minimum absolute atomic E-state index is 0.129. The molecule has 1 saturated carbocycles. The number of aryl methyl sites for hydroxylation is 1. The van der Waals surface area contributed by atoms with Crippen LogP contribution in [0.25, 0.3) is 0 Å². The van der Waals surface area contributed by atoms with E-state index >= 15 is 0 Å². The Morgan fingerprint density at radius 1 is 1.13 bits per heavy atom. The summed E-state index contributed by atoms with van der Waals surface area (Å²) in [6, 6.07) is 0. The molecule has 0 atom stereocenters. The predicted octanol–water partition coefficient (Wildman–Crippen LogP) is 1.92. The Bertz CT molecular complexity index is 432. The van der Waals surface area contributed by atoms with E-state index in [1.165, 1.54) is 25.7 Å². The van der Waals surface area contributed by atoms with Crippen LogP contribution in [0.3, 0.4) is 0 Å². The van der Waals surface area contributed by atoms with Gasteiger partial charge in [0.05, 0.1) is 5.69 Å². The van der Waals surface area contributed by atoms with Crippen LogP contribution < -0.4 is 5.56 Å². The molecule has 0 saturated heterocycles. The van der Waals surface area contributed by atoms with Gasteiger partial charge in [0.1, 0.15) is 5.82 Å². The van der Waals surface area contributed by atoms with Crippen LogP contribution in [0.1, 0.15) is 55.1 Å². The lowest BCUT2D eigenvalue weighted by molar-refractivity contribution is 0.707. The van der Waals surface area contributed by atoms with Gasteiger partial charge in [-0.25, -0.2) is 4.98 Å². The van der Waals surface area contributed by atoms with Gasteiger partial charge >= 0.3 is 0 Å². The predicted molar refractivity (Wildman–Crippen MR) is 58.1 cm³/mol. The molecule has 80 valence electrons. The quantitative estimate of drug-likeness (QED) is 0.710. The van der Waals surface area contributed by atoms with Crippen molar-refractivity contribution in [3.05, 3.63) is 27.4 Å². The summed E-state index contributed by atoms with van der Waals surface area (Å²) in [5, 5.41) is 0. The SMILES string of the molecule is O=c1[nH]c(C2CC2)nc2c1CCCCC2. The van der Waals surface area contributed by atoms with Gasteiger partial charge in [0.15, 0.2) is 0 Å². The van der Waals surface area contributed by atoms with Gasteiger partial charge in [0.2, 0.25) is 0 Å². The zero-order valence-electron chi connectivity index (χ0n) is 8.88. The van der Waals surface area contributed by atoms with Crippen molar-refractivity contribution in [2.45, 2.75) is 50.9 Å². The molecule has 2 aliphatic carbocycles. The van der Waals surface area contributed by atoms with Crippen LogP contribution in [0.4, 0.5) is 0 Å². The van der Waals surface area contributed by atoms with E-state index in [2.05, 4.69) is 9.97 Å². The average Bonchev–Trinajstić information content (AvgIpc) is 3.04. The van der Waals surface area contributed by atoms with Gasteiger partial charge in [-0.3, -0.25) is 4.79 Å². The van der Waals surface area contributed by atoms with Crippen LogP contribution in [-0.2, 0) is 12.8 Å². The van der Waals surface area contributed by atoms with Crippen LogP contribution >= 0.6 is 0 Å². The van der Waals surface area contributed by atoms with Gasteiger partial charge in [0, 0.05) is 11.5 Å². The fraction of sp³-hybridized carbons (Fsp3) is 0.667. The zero-order valence-corrected chi connectivity index (χ0v) is 8.88. The summed E-state index contributed by atoms with van der Waals surface area (Å²) < 4.78 is 0. The van der Waals surface area contributed by atoms with E-state index in [0.29, 0.717) is 5.92 Å². The summed E-state index contributed by atoms with van der Waals surface area (Å²) in [4.78, 5) is 19.5. The lowest BCUT2D eigenvalue weighted by Gasteiger charge is -2.05. The zero-order chi connectivity index (χ0) is 10.3. The first kappa shape index (κ1) is 9.13. The molecule has 0 bridgehead atoms. The van der Waals surface area contributed by atoms with Crippen molar-refractivity contribution in [1.29, 1.82) is 0 Å². The monoisotopic (exact) mass is 204 g/mol. The van der Waals surface area contributed by atoms with E-state index in [9.17, 15) is 4.79 Å². The third kappa shape index (κ3) is 1.71. The Kier molecular flexibility index (Phi) is 2.11. The van der Waals surface area contributed by atoms with Crippen molar-refractivity contribution >= 4 is 0 Å². The number of aromatic nitrogens is 2. The van der Waals surface area contributed by atoms with Crippen molar-refractivity contribution < 1.29 is 0 Å². The molecule has 0 aliphatic heterocycles. The summed E-state index contributed by atoms with van der Waals surface area (Å²) in [7, 11) is 0. The van der Waals surface area contributed by atoms with Crippen LogP contribution in [0.2, 0.25) is 0 Å². The van der Waals surface area contributed by atoms with E-state index in [0.717, 1.165) is 36.3 Å². The Morgan fingerprint density at radius 2 is 1.93 bits per heavy atom. The highest BCUT2D eigenvalue weighted by molar-refractivity contribution is 5.21. The van der Waals surface area contributed by atoms with Crippen molar-refractivity contribution in [3.63, 3.8) is 0 Å². The minimum Gasteiger partial charge on any atom is -0.310 e. The third-order valence-corrected chi connectivity index (χ3v) is 3.42. The van der Waals surface area contributed by atoms with E-state index in [-0.39, 0.29) is 5.56 Å². The van der Waals surface area contributed by atoms with Crippen LogP contribution in [0, 0.1) is 0 Å². The molecule has 0 radical (unpaired) electrons. The van der Waals surface area contributed by atoms with Gasteiger partial charge in [-0.15, -0.1) is 0 Å². The van der Waals surface area contributed by atoms with Gasteiger partial charge in [-0.1, -0.05) is 6.42 Å². The van der Waals surface area contributed by atoms with Crippen LogP contribution in [0.15, 0.2) is 4.79 Å². The smallest absolute Gasteiger partial charge is 0.254 e. The Labute approximate surface area is 88.9 Å². The number of H-pyrrole nitrogens is 1. The second kappa shape index (κ2) is 3.47. The molecular weight excluding hydrogens is 188 g/mol. The lowest BCUT2D eigenvalue weighted by Crippen LogP contribution is -2.19. The molecule has 0 spiro atoms. The number of nitrogens with zero attached hydrogens (tertiary/aromatic N) is 1. The molecule has 1 fully saturated rings. The van der Waals surface area contributed by atoms with E-state index in [1.54, 1.807) is 0 Å². The normalized spacial score (nSPS) is 20.8. The van der Waals surface area contributed by atoms with E-state index in [1.807, 2.05) is 0 Å². The van der Waals surface area contributed by atoms with Crippen molar-refractivity contribution in [2.75, 3.05) is 0 Å². The molecule has 0 unspecified atom stereocenters. The molecule has 1 N–H and O–H groups in total. The second-order valence-electron chi connectivity index (χ2n) is 4.71.